The van der Waals surface area contributed by atoms with Crippen molar-refractivity contribution in [2.45, 2.75) is 70.5 Å². The molecule has 6 rings (SSSR count). The Morgan fingerprint density at radius 2 is 1.62 bits per heavy atom. The van der Waals surface area contributed by atoms with Gasteiger partial charge < -0.3 is 30.2 Å². The van der Waals surface area contributed by atoms with Crippen LogP contribution in [0.25, 0.3) is 0 Å². The summed E-state index contributed by atoms with van der Waals surface area (Å²) in [6.45, 7) is 9.06. The number of likely N-dealkylation sites (tertiary alicyclic amines) is 2. The van der Waals surface area contributed by atoms with Gasteiger partial charge in [0.05, 0.1) is 19.6 Å². The molecule has 5 amide bonds. The molecule has 4 aliphatic rings. The molecular formula is C38H53N7O7. The van der Waals surface area contributed by atoms with E-state index in [9.17, 15) is 29.4 Å². The summed E-state index contributed by atoms with van der Waals surface area (Å²) >= 11 is 0. The predicted molar refractivity (Wildman–Crippen MR) is 195 cm³/mol. The summed E-state index contributed by atoms with van der Waals surface area (Å²) in [4.78, 5) is 67.5. The van der Waals surface area contributed by atoms with Gasteiger partial charge in [-0.2, -0.15) is 0 Å². The van der Waals surface area contributed by atoms with Crippen LogP contribution in [0.2, 0.25) is 0 Å². The Balaban J connectivity index is 1.18. The van der Waals surface area contributed by atoms with Gasteiger partial charge in [0, 0.05) is 76.2 Å². The smallest absolute Gasteiger partial charge is 0.407 e. The highest BCUT2D eigenvalue weighted by Crippen LogP contribution is 2.34. The van der Waals surface area contributed by atoms with E-state index in [-0.39, 0.29) is 36.2 Å². The summed E-state index contributed by atoms with van der Waals surface area (Å²) in [5.41, 5.74) is 6.51. The molecule has 2 aromatic carbocycles. The van der Waals surface area contributed by atoms with E-state index in [4.69, 9.17) is 4.84 Å². The van der Waals surface area contributed by atoms with E-state index in [0.29, 0.717) is 69.0 Å². The highest BCUT2D eigenvalue weighted by molar-refractivity contribution is 5.91. The van der Waals surface area contributed by atoms with Crippen molar-refractivity contribution in [3.05, 3.63) is 58.7 Å². The zero-order valence-corrected chi connectivity index (χ0v) is 30.6. The Labute approximate surface area is 305 Å². The summed E-state index contributed by atoms with van der Waals surface area (Å²) in [6.07, 6.45) is 2.39. The van der Waals surface area contributed by atoms with E-state index < -0.39 is 18.1 Å². The number of anilines is 1. The molecule has 0 aliphatic carbocycles. The molecule has 0 radical (unpaired) electrons. The number of hydroxylamine groups is 1. The van der Waals surface area contributed by atoms with Crippen LogP contribution in [-0.2, 0) is 27.3 Å². The number of benzene rings is 2. The van der Waals surface area contributed by atoms with Crippen LogP contribution < -0.4 is 10.8 Å². The Kier molecular flexibility index (Phi) is 11.9. The van der Waals surface area contributed by atoms with Gasteiger partial charge >= 0.3 is 12.1 Å². The zero-order valence-electron chi connectivity index (χ0n) is 30.6. The van der Waals surface area contributed by atoms with E-state index in [1.807, 2.05) is 60.0 Å². The molecule has 0 bridgehead atoms. The summed E-state index contributed by atoms with van der Waals surface area (Å²) in [5, 5.41) is 24.0. The molecule has 282 valence electrons. The van der Waals surface area contributed by atoms with Crippen LogP contribution in [0.3, 0.4) is 0 Å². The second-order valence-electron chi connectivity index (χ2n) is 14.7. The minimum atomic E-state index is -1.07. The summed E-state index contributed by atoms with van der Waals surface area (Å²) in [5.74, 6) is -0.694. The van der Waals surface area contributed by atoms with Crippen LogP contribution >= 0.6 is 0 Å². The van der Waals surface area contributed by atoms with Crippen molar-refractivity contribution in [1.29, 1.82) is 0 Å². The number of nitrogens with zero attached hydrogens (tertiary/aromatic N) is 5. The van der Waals surface area contributed by atoms with Gasteiger partial charge in [0.1, 0.15) is 5.75 Å². The second kappa shape index (κ2) is 16.5. The number of aromatic hydroxyl groups is 1. The fraction of sp³-hybridized carbons (Fsp3) is 0.579. The van der Waals surface area contributed by atoms with Crippen molar-refractivity contribution in [1.82, 2.24) is 30.0 Å². The monoisotopic (exact) mass is 719 g/mol. The van der Waals surface area contributed by atoms with Gasteiger partial charge in [-0.15, -0.1) is 0 Å². The SMILES string of the molecule is CONC(=O)CN1CCN(C2CCN(C(=O)C(Cc3cc(C)c(O)c(C)c3)[C@H]3CC(N4CCc5ccccc5NC4=O)CCN3C(=O)O)CC2)CC1. The van der Waals surface area contributed by atoms with E-state index in [0.717, 1.165) is 55.8 Å². The number of carbonyl (C=O) groups is 4. The molecule has 4 aliphatic heterocycles. The minimum absolute atomic E-state index is 0.0690. The maximum absolute atomic E-state index is 14.7. The summed E-state index contributed by atoms with van der Waals surface area (Å²) in [7, 11) is 1.42. The number of rotatable bonds is 9. The van der Waals surface area contributed by atoms with Crippen LogP contribution in [0.5, 0.6) is 5.75 Å². The van der Waals surface area contributed by atoms with Crippen LogP contribution in [-0.4, -0.2) is 143 Å². The van der Waals surface area contributed by atoms with Crippen molar-refractivity contribution >= 4 is 29.6 Å². The number of para-hydroxylation sites is 1. The molecule has 3 saturated heterocycles. The molecule has 2 aromatic rings. The molecule has 4 N–H and O–H groups in total. The van der Waals surface area contributed by atoms with Gasteiger partial charge in [0.2, 0.25) is 5.91 Å². The molecule has 0 spiro atoms. The van der Waals surface area contributed by atoms with Crippen LogP contribution in [0.4, 0.5) is 15.3 Å². The van der Waals surface area contributed by atoms with Crippen molar-refractivity contribution in [3.8, 4) is 5.75 Å². The van der Waals surface area contributed by atoms with E-state index in [1.165, 1.54) is 12.0 Å². The lowest BCUT2D eigenvalue weighted by molar-refractivity contribution is -0.140. The average Bonchev–Trinajstić information content (AvgIpc) is 3.30. The molecule has 3 atom stereocenters. The van der Waals surface area contributed by atoms with Gasteiger partial charge in [0.15, 0.2) is 0 Å². The fourth-order valence-electron chi connectivity index (χ4n) is 8.74. The van der Waals surface area contributed by atoms with Crippen molar-refractivity contribution in [3.63, 3.8) is 0 Å². The Hall–Kier alpha value is -4.40. The lowest BCUT2D eigenvalue weighted by atomic mass is 9.81. The number of carboxylic acid groups (broad SMARTS) is 1. The Morgan fingerprint density at radius 3 is 2.29 bits per heavy atom. The minimum Gasteiger partial charge on any atom is -0.507 e. The molecular weight excluding hydrogens is 666 g/mol. The molecule has 52 heavy (non-hydrogen) atoms. The third-order valence-corrected chi connectivity index (χ3v) is 11.5. The van der Waals surface area contributed by atoms with Crippen LogP contribution in [0.15, 0.2) is 36.4 Å². The number of nitrogens with one attached hydrogen (secondary N) is 2. The third kappa shape index (κ3) is 8.45. The number of phenolic OH excluding ortho intramolecular Hbond substituents is 1. The Morgan fingerprint density at radius 1 is 0.942 bits per heavy atom. The summed E-state index contributed by atoms with van der Waals surface area (Å²) in [6, 6.07) is 10.8. The normalized spacial score (nSPS) is 22.7. The number of phenols is 1. The molecule has 2 unspecified atom stereocenters. The molecule has 4 heterocycles. The zero-order chi connectivity index (χ0) is 36.9. The van der Waals surface area contributed by atoms with Crippen LogP contribution in [0, 0.1) is 19.8 Å². The topological polar surface area (TPSA) is 158 Å². The fourth-order valence-corrected chi connectivity index (χ4v) is 8.74. The number of carbonyl (C=O) groups excluding carboxylic acids is 3. The predicted octanol–water partition coefficient (Wildman–Crippen LogP) is 3.06. The van der Waals surface area contributed by atoms with Gasteiger partial charge in [-0.05, 0) is 80.7 Å². The lowest BCUT2D eigenvalue weighted by Crippen LogP contribution is -2.59. The molecule has 14 nitrogen and oxygen atoms in total. The molecule has 3 fully saturated rings. The maximum Gasteiger partial charge on any atom is 0.407 e. The third-order valence-electron chi connectivity index (χ3n) is 11.5. The number of piperidine rings is 2. The van der Waals surface area contributed by atoms with Crippen molar-refractivity contribution in [2.24, 2.45) is 5.92 Å². The molecule has 0 saturated carbocycles. The van der Waals surface area contributed by atoms with Crippen LogP contribution in [0.1, 0.15) is 47.9 Å². The second-order valence-corrected chi connectivity index (χ2v) is 14.7. The van der Waals surface area contributed by atoms with Crippen molar-refractivity contribution in [2.75, 3.05) is 71.3 Å². The number of piperazine rings is 1. The number of aryl methyl sites for hydroxylation is 2. The van der Waals surface area contributed by atoms with Gasteiger partial charge in [-0.1, -0.05) is 30.3 Å². The first kappa shape index (κ1) is 37.4. The van der Waals surface area contributed by atoms with Gasteiger partial charge in [-0.25, -0.2) is 15.1 Å². The van der Waals surface area contributed by atoms with Gasteiger partial charge in [0.25, 0.3) is 5.91 Å². The maximum atomic E-state index is 14.7. The largest absolute Gasteiger partial charge is 0.507 e. The number of amides is 5. The number of urea groups is 1. The first-order valence-electron chi connectivity index (χ1n) is 18.5. The van der Waals surface area contributed by atoms with Gasteiger partial charge in [-0.3, -0.25) is 24.2 Å². The first-order chi connectivity index (χ1) is 25.0. The standard InChI is InChI=1S/C38H53N7O7/c1-25-20-27(21-26(2)35(25)47)22-31(36(48)43-12-9-29(10-13-43)42-18-16-41(17-19-42)24-34(46)40-52-3)33-23-30(11-15-45(33)38(50)51)44-14-8-28-6-4-5-7-32(28)39-37(44)49/h4-7,20-21,29-31,33,47H,8-19,22-24H2,1-3H3,(H,39,49)(H,40,46)(H,50,51)/t30?,31?,33-/m1/s1. The number of hydrogen-bond acceptors (Lipinski definition) is 8. The highest BCUT2D eigenvalue weighted by atomic mass is 16.6. The average molecular weight is 720 g/mol. The highest BCUT2D eigenvalue weighted by Gasteiger charge is 2.44. The lowest BCUT2D eigenvalue weighted by Gasteiger charge is -2.46. The van der Waals surface area contributed by atoms with E-state index >= 15 is 0 Å². The number of fused-ring (bicyclic) bond motifs is 1. The van der Waals surface area contributed by atoms with E-state index in [2.05, 4.69) is 20.6 Å². The summed E-state index contributed by atoms with van der Waals surface area (Å²) < 4.78 is 0. The molecule has 14 heteroatoms. The number of hydrogen-bond donors (Lipinski definition) is 4. The van der Waals surface area contributed by atoms with Crippen molar-refractivity contribution < 1.29 is 34.2 Å². The first-order valence-corrected chi connectivity index (χ1v) is 18.5. The quantitative estimate of drug-likeness (QED) is 0.286. The van der Waals surface area contributed by atoms with E-state index in [1.54, 1.807) is 0 Å². The molecule has 0 aromatic heterocycles. The Bertz CT molecular complexity index is 1600.